The van der Waals surface area contributed by atoms with Crippen LogP contribution in [0.25, 0.3) is 11.0 Å². The Hall–Kier alpha value is -2.82. The smallest absolute Gasteiger partial charge is 0.255 e. The molecule has 1 amide bonds. The second-order valence-electron chi connectivity index (χ2n) is 7.79. The van der Waals surface area contributed by atoms with Crippen molar-refractivity contribution in [3.8, 4) is 0 Å². The zero-order valence-electron chi connectivity index (χ0n) is 17.0. The third-order valence-electron chi connectivity index (χ3n) is 4.87. The number of amides is 1. The Balaban J connectivity index is 1.70. The second-order valence-corrected chi connectivity index (χ2v) is 7.79. The number of benzene rings is 2. The summed E-state index contributed by atoms with van der Waals surface area (Å²) in [6, 6.07) is 13.6. The van der Waals surface area contributed by atoms with E-state index in [1.165, 1.54) is 24.8 Å². The molecule has 3 aromatic rings. The molecule has 28 heavy (non-hydrogen) atoms. The highest BCUT2D eigenvalue weighted by atomic mass is 16.1. The molecule has 0 fully saturated rings. The SMILES string of the molecule is CCCCCc1ccc(C(=O)Nc2ccc3c(c2)nc(N)n3CC(C)C)cc1. The maximum Gasteiger partial charge on any atom is 0.255 e. The second kappa shape index (κ2) is 8.91. The molecule has 0 unspecified atom stereocenters. The van der Waals surface area contributed by atoms with Crippen molar-refractivity contribution in [2.24, 2.45) is 5.92 Å². The summed E-state index contributed by atoms with van der Waals surface area (Å²) in [6.07, 6.45) is 4.70. The van der Waals surface area contributed by atoms with Gasteiger partial charge < -0.3 is 15.6 Å². The number of nitrogens with one attached hydrogen (secondary N) is 1. The normalized spacial score (nSPS) is 11.3. The van der Waals surface area contributed by atoms with Crippen molar-refractivity contribution >= 4 is 28.6 Å². The third-order valence-corrected chi connectivity index (χ3v) is 4.87. The highest BCUT2D eigenvalue weighted by Gasteiger charge is 2.12. The average molecular weight is 379 g/mol. The van der Waals surface area contributed by atoms with Crippen molar-refractivity contribution in [3.05, 3.63) is 53.6 Å². The molecule has 148 valence electrons. The Morgan fingerprint density at radius 1 is 1.14 bits per heavy atom. The molecule has 0 aliphatic carbocycles. The first-order valence-electron chi connectivity index (χ1n) is 10.1. The molecule has 1 aromatic heterocycles. The van der Waals surface area contributed by atoms with Crippen LogP contribution in [0.15, 0.2) is 42.5 Å². The van der Waals surface area contributed by atoms with E-state index in [-0.39, 0.29) is 5.91 Å². The van der Waals surface area contributed by atoms with Crippen LogP contribution in [0.2, 0.25) is 0 Å². The standard InChI is InChI=1S/C23H30N4O/c1-4-5-6-7-17-8-10-18(11-9-17)22(28)25-19-12-13-21-20(14-19)26-23(24)27(21)15-16(2)3/h8-14,16H,4-7,15H2,1-3H3,(H2,24,26)(H,25,28). The quantitative estimate of drug-likeness (QED) is 0.525. The summed E-state index contributed by atoms with van der Waals surface area (Å²) in [5, 5.41) is 2.96. The number of aromatic nitrogens is 2. The Kier molecular flexibility index (Phi) is 6.34. The molecular weight excluding hydrogens is 348 g/mol. The van der Waals surface area contributed by atoms with E-state index in [1.54, 1.807) is 0 Å². The molecule has 0 aliphatic heterocycles. The van der Waals surface area contributed by atoms with Crippen molar-refractivity contribution in [2.75, 3.05) is 11.1 Å². The van der Waals surface area contributed by atoms with Crippen LogP contribution in [0.4, 0.5) is 11.6 Å². The number of aryl methyl sites for hydroxylation is 1. The van der Waals surface area contributed by atoms with Gasteiger partial charge in [0.25, 0.3) is 5.91 Å². The minimum absolute atomic E-state index is 0.117. The van der Waals surface area contributed by atoms with Gasteiger partial charge in [-0.05, 0) is 54.7 Å². The van der Waals surface area contributed by atoms with Gasteiger partial charge >= 0.3 is 0 Å². The van der Waals surface area contributed by atoms with Crippen LogP contribution in [-0.2, 0) is 13.0 Å². The number of unbranched alkanes of at least 4 members (excludes halogenated alkanes) is 2. The van der Waals surface area contributed by atoms with Gasteiger partial charge in [-0.25, -0.2) is 4.98 Å². The molecular formula is C23H30N4O. The molecule has 0 radical (unpaired) electrons. The van der Waals surface area contributed by atoms with Crippen LogP contribution in [0.3, 0.4) is 0 Å². The molecule has 0 aliphatic rings. The molecule has 5 heteroatoms. The van der Waals surface area contributed by atoms with E-state index in [9.17, 15) is 4.79 Å². The van der Waals surface area contributed by atoms with E-state index in [0.29, 0.717) is 17.4 Å². The van der Waals surface area contributed by atoms with E-state index < -0.39 is 0 Å². The van der Waals surface area contributed by atoms with Gasteiger partial charge in [0.15, 0.2) is 0 Å². The van der Waals surface area contributed by atoms with Gasteiger partial charge in [0.2, 0.25) is 5.95 Å². The number of hydrogen-bond donors (Lipinski definition) is 2. The molecule has 1 heterocycles. The highest BCUT2D eigenvalue weighted by Crippen LogP contribution is 2.23. The Labute approximate surface area is 167 Å². The average Bonchev–Trinajstić information content (AvgIpc) is 2.96. The van der Waals surface area contributed by atoms with Crippen molar-refractivity contribution in [1.29, 1.82) is 0 Å². The molecule has 2 aromatic carbocycles. The van der Waals surface area contributed by atoms with Gasteiger partial charge in [0.1, 0.15) is 0 Å². The number of nitrogens with two attached hydrogens (primary N) is 1. The van der Waals surface area contributed by atoms with Gasteiger partial charge in [-0.2, -0.15) is 0 Å². The fraction of sp³-hybridized carbons (Fsp3) is 0.391. The summed E-state index contributed by atoms with van der Waals surface area (Å²) < 4.78 is 2.02. The summed E-state index contributed by atoms with van der Waals surface area (Å²) in [5.41, 5.74) is 10.5. The van der Waals surface area contributed by atoms with Crippen LogP contribution < -0.4 is 11.1 Å². The van der Waals surface area contributed by atoms with Crippen molar-refractivity contribution in [3.63, 3.8) is 0 Å². The topological polar surface area (TPSA) is 72.9 Å². The van der Waals surface area contributed by atoms with Crippen molar-refractivity contribution in [2.45, 2.75) is 53.0 Å². The first-order valence-corrected chi connectivity index (χ1v) is 10.1. The van der Waals surface area contributed by atoms with Gasteiger partial charge in [-0.1, -0.05) is 45.7 Å². The molecule has 0 saturated heterocycles. The Morgan fingerprint density at radius 2 is 1.89 bits per heavy atom. The summed E-state index contributed by atoms with van der Waals surface area (Å²) in [7, 11) is 0. The minimum Gasteiger partial charge on any atom is -0.369 e. The first-order chi connectivity index (χ1) is 13.5. The van der Waals surface area contributed by atoms with Crippen LogP contribution in [-0.4, -0.2) is 15.5 Å². The maximum atomic E-state index is 12.6. The van der Waals surface area contributed by atoms with Crippen molar-refractivity contribution in [1.82, 2.24) is 9.55 Å². The number of nitrogens with zero attached hydrogens (tertiary/aromatic N) is 2. The van der Waals surface area contributed by atoms with E-state index >= 15 is 0 Å². The van der Waals surface area contributed by atoms with Crippen LogP contribution in [0, 0.1) is 5.92 Å². The van der Waals surface area contributed by atoms with E-state index in [2.05, 4.69) is 31.1 Å². The molecule has 0 saturated carbocycles. The predicted octanol–water partition coefficient (Wildman–Crippen LogP) is 5.26. The Bertz CT molecular complexity index is 941. The largest absolute Gasteiger partial charge is 0.369 e. The molecule has 0 atom stereocenters. The van der Waals surface area contributed by atoms with Crippen LogP contribution >= 0.6 is 0 Å². The molecule has 3 rings (SSSR count). The van der Waals surface area contributed by atoms with Gasteiger partial charge in [-0.15, -0.1) is 0 Å². The zero-order chi connectivity index (χ0) is 20.1. The number of fused-ring (bicyclic) bond motifs is 1. The first kappa shape index (κ1) is 19.9. The fourth-order valence-electron chi connectivity index (χ4n) is 3.39. The zero-order valence-corrected chi connectivity index (χ0v) is 17.0. The monoisotopic (exact) mass is 378 g/mol. The summed E-state index contributed by atoms with van der Waals surface area (Å²) in [6.45, 7) is 7.32. The van der Waals surface area contributed by atoms with E-state index in [0.717, 1.165) is 29.7 Å². The number of rotatable bonds is 8. The lowest BCUT2D eigenvalue weighted by molar-refractivity contribution is 0.102. The molecule has 0 spiro atoms. The lowest BCUT2D eigenvalue weighted by Crippen LogP contribution is -2.12. The summed E-state index contributed by atoms with van der Waals surface area (Å²) in [5.74, 6) is 0.865. The maximum absolute atomic E-state index is 12.6. The summed E-state index contributed by atoms with van der Waals surface area (Å²) in [4.78, 5) is 17.0. The van der Waals surface area contributed by atoms with Crippen LogP contribution in [0.1, 0.15) is 56.0 Å². The lowest BCUT2D eigenvalue weighted by Gasteiger charge is -2.10. The van der Waals surface area contributed by atoms with Crippen LogP contribution in [0.5, 0.6) is 0 Å². The van der Waals surface area contributed by atoms with Gasteiger partial charge in [-0.3, -0.25) is 4.79 Å². The van der Waals surface area contributed by atoms with Crippen molar-refractivity contribution < 1.29 is 4.79 Å². The van der Waals surface area contributed by atoms with E-state index in [1.807, 2.05) is 47.0 Å². The summed E-state index contributed by atoms with van der Waals surface area (Å²) >= 11 is 0. The number of nitrogen functional groups attached to an aromatic ring is 1. The number of imidazole rings is 1. The number of carbonyl (C=O) groups is 1. The number of carbonyl (C=O) groups excluding carboxylic acids is 1. The van der Waals surface area contributed by atoms with Gasteiger partial charge in [0, 0.05) is 17.8 Å². The van der Waals surface area contributed by atoms with E-state index in [4.69, 9.17) is 5.73 Å². The third kappa shape index (κ3) is 4.71. The highest BCUT2D eigenvalue weighted by molar-refractivity contribution is 6.05. The Morgan fingerprint density at radius 3 is 2.57 bits per heavy atom. The number of anilines is 2. The molecule has 0 bridgehead atoms. The minimum atomic E-state index is -0.117. The predicted molar refractivity (Wildman–Crippen MR) is 117 cm³/mol. The fourth-order valence-corrected chi connectivity index (χ4v) is 3.39. The molecule has 5 nitrogen and oxygen atoms in total. The van der Waals surface area contributed by atoms with Gasteiger partial charge in [0.05, 0.1) is 11.0 Å². The number of hydrogen-bond acceptors (Lipinski definition) is 3. The molecule has 3 N–H and O–H groups in total. The lowest BCUT2D eigenvalue weighted by atomic mass is 10.1.